The van der Waals surface area contributed by atoms with Crippen molar-refractivity contribution >= 4 is 11.7 Å². The molecule has 2 amide bonds. The van der Waals surface area contributed by atoms with Crippen LogP contribution < -0.4 is 10.6 Å². The monoisotopic (exact) mass is 332 g/mol. The van der Waals surface area contributed by atoms with Gasteiger partial charge in [-0.1, -0.05) is 54.6 Å². The number of aryl methyl sites for hydroxylation is 1. The van der Waals surface area contributed by atoms with Crippen LogP contribution in [0.15, 0.2) is 60.8 Å². The van der Waals surface area contributed by atoms with E-state index in [-0.39, 0.29) is 12.1 Å². The van der Waals surface area contributed by atoms with E-state index in [1.165, 1.54) is 11.1 Å². The number of hydrogen-bond donors (Lipinski definition) is 3. The number of hydrogen-bond acceptors (Lipinski definition) is 2. The van der Waals surface area contributed by atoms with Gasteiger partial charge in [0.1, 0.15) is 0 Å². The second kappa shape index (κ2) is 6.81. The fourth-order valence-electron chi connectivity index (χ4n) is 3.43. The lowest BCUT2D eigenvalue weighted by molar-refractivity contribution is 0.247. The lowest BCUT2D eigenvalue weighted by Crippen LogP contribution is -2.34. The first kappa shape index (κ1) is 15.4. The quantitative estimate of drug-likeness (QED) is 0.670. The molecule has 1 aliphatic carbocycles. The molecule has 2 aromatic carbocycles. The average molecular weight is 332 g/mol. The maximum Gasteiger partial charge on any atom is 0.319 e. The van der Waals surface area contributed by atoms with E-state index >= 15 is 0 Å². The molecule has 1 heterocycles. The first-order valence-corrected chi connectivity index (χ1v) is 8.55. The largest absolute Gasteiger partial charge is 0.331 e. The van der Waals surface area contributed by atoms with Crippen molar-refractivity contribution in [2.75, 3.05) is 5.32 Å². The zero-order valence-corrected chi connectivity index (χ0v) is 13.8. The standard InChI is InChI=1S/C20H20N4O/c25-20(22-17-12-6-10-14-7-4-5-11-16(14)17)23-18-13-21-24-19(18)15-8-2-1-3-9-15/h1-5,7-9,11,13,17H,6,10,12H2,(H,21,24)(H2,22,23,25). The molecule has 1 aliphatic rings. The summed E-state index contributed by atoms with van der Waals surface area (Å²) in [6.45, 7) is 0. The second-order valence-corrected chi connectivity index (χ2v) is 6.27. The molecular weight excluding hydrogens is 312 g/mol. The molecule has 1 aromatic heterocycles. The summed E-state index contributed by atoms with van der Waals surface area (Å²) < 4.78 is 0. The predicted molar refractivity (Wildman–Crippen MR) is 98.3 cm³/mol. The van der Waals surface area contributed by atoms with Gasteiger partial charge in [-0.3, -0.25) is 5.10 Å². The number of fused-ring (bicyclic) bond motifs is 1. The Kier molecular flexibility index (Phi) is 4.21. The number of aromatic nitrogens is 2. The molecule has 5 heteroatoms. The molecule has 0 fully saturated rings. The topological polar surface area (TPSA) is 69.8 Å². The Morgan fingerprint density at radius 1 is 1.08 bits per heavy atom. The highest BCUT2D eigenvalue weighted by Crippen LogP contribution is 2.30. The molecule has 0 bridgehead atoms. The van der Waals surface area contributed by atoms with Gasteiger partial charge in [0.25, 0.3) is 0 Å². The van der Waals surface area contributed by atoms with Gasteiger partial charge in [0, 0.05) is 5.56 Å². The van der Waals surface area contributed by atoms with Crippen LogP contribution in [0.3, 0.4) is 0 Å². The van der Waals surface area contributed by atoms with Crippen molar-refractivity contribution < 1.29 is 4.79 Å². The molecule has 4 rings (SSSR count). The van der Waals surface area contributed by atoms with Gasteiger partial charge in [-0.15, -0.1) is 0 Å². The maximum atomic E-state index is 12.5. The molecule has 126 valence electrons. The van der Waals surface area contributed by atoms with Crippen LogP contribution >= 0.6 is 0 Å². The van der Waals surface area contributed by atoms with E-state index in [1.54, 1.807) is 6.20 Å². The number of nitrogens with zero attached hydrogens (tertiary/aromatic N) is 1. The van der Waals surface area contributed by atoms with Crippen molar-refractivity contribution in [3.63, 3.8) is 0 Å². The van der Waals surface area contributed by atoms with E-state index < -0.39 is 0 Å². The van der Waals surface area contributed by atoms with E-state index in [9.17, 15) is 4.79 Å². The normalized spacial score (nSPS) is 16.1. The predicted octanol–water partition coefficient (Wildman–Crippen LogP) is 4.28. The van der Waals surface area contributed by atoms with Crippen LogP contribution in [0.2, 0.25) is 0 Å². The summed E-state index contributed by atoms with van der Waals surface area (Å²) in [5.74, 6) is 0. The average Bonchev–Trinajstić information content (AvgIpc) is 3.11. The first-order chi connectivity index (χ1) is 12.3. The highest BCUT2D eigenvalue weighted by atomic mass is 16.2. The maximum absolute atomic E-state index is 12.5. The van der Waals surface area contributed by atoms with Crippen molar-refractivity contribution in [1.29, 1.82) is 0 Å². The summed E-state index contributed by atoms with van der Waals surface area (Å²) in [4.78, 5) is 12.5. The molecule has 5 nitrogen and oxygen atoms in total. The van der Waals surface area contributed by atoms with Crippen LogP contribution in [-0.2, 0) is 6.42 Å². The fraction of sp³-hybridized carbons (Fsp3) is 0.200. The summed E-state index contributed by atoms with van der Waals surface area (Å²) in [6.07, 6.45) is 4.76. The van der Waals surface area contributed by atoms with Gasteiger partial charge in [-0.2, -0.15) is 5.10 Å². The van der Waals surface area contributed by atoms with Gasteiger partial charge in [0.05, 0.1) is 23.6 Å². The van der Waals surface area contributed by atoms with Crippen LogP contribution in [0.25, 0.3) is 11.3 Å². The van der Waals surface area contributed by atoms with E-state index in [0.717, 1.165) is 30.5 Å². The van der Waals surface area contributed by atoms with E-state index in [0.29, 0.717) is 5.69 Å². The van der Waals surface area contributed by atoms with Crippen molar-refractivity contribution in [1.82, 2.24) is 15.5 Å². The number of aromatic amines is 1. The zero-order chi connectivity index (χ0) is 17.1. The highest BCUT2D eigenvalue weighted by molar-refractivity contribution is 5.93. The third-order valence-corrected chi connectivity index (χ3v) is 4.62. The molecule has 0 radical (unpaired) electrons. The molecule has 25 heavy (non-hydrogen) atoms. The van der Waals surface area contributed by atoms with Crippen molar-refractivity contribution in [2.45, 2.75) is 25.3 Å². The van der Waals surface area contributed by atoms with Gasteiger partial charge in [0.15, 0.2) is 0 Å². The smallest absolute Gasteiger partial charge is 0.319 e. The Morgan fingerprint density at radius 2 is 1.88 bits per heavy atom. The highest BCUT2D eigenvalue weighted by Gasteiger charge is 2.21. The molecule has 0 spiro atoms. The van der Waals surface area contributed by atoms with Gasteiger partial charge >= 0.3 is 6.03 Å². The number of carbonyl (C=O) groups is 1. The zero-order valence-electron chi connectivity index (χ0n) is 13.8. The molecule has 0 saturated carbocycles. The van der Waals surface area contributed by atoms with Crippen LogP contribution in [0.1, 0.15) is 30.0 Å². The lowest BCUT2D eigenvalue weighted by atomic mass is 9.88. The third-order valence-electron chi connectivity index (χ3n) is 4.62. The number of anilines is 1. The molecule has 3 aromatic rings. The van der Waals surface area contributed by atoms with Crippen molar-refractivity contribution in [2.24, 2.45) is 0 Å². The number of benzene rings is 2. The summed E-state index contributed by atoms with van der Waals surface area (Å²) in [5.41, 5.74) is 5.01. The van der Waals surface area contributed by atoms with Gasteiger partial charge in [-0.25, -0.2) is 4.79 Å². The van der Waals surface area contributed by atoms with Crippen molar-refractivity contribution in [3.8, 4) is 11.3 Å². The summed E-state index contributed by atoms with van der Waals surface area (Å²) in [7, 11) is 0. The summed E-state index contributed by atoms with van der Waals surface area (Å²) >= 11 is 0. The Labute approximate surface area is 146 Å². The van der Waals surface area contributed by atoms with Gasteiger partial charge in [-0.05, 0) is 30.4 Å². The number of amides is 2. The molecule has 1 unspecified atom stereocenters. The van der Waals surface area contributed by atoms with Gasteiger partial charge in [0.2, 0.25) is 0 Å². The Hall–Kier alpha value is -3.08. The summed E-state index contributed by atoms with van der Waals surface area (Å²) in [6, 6.07) is 18.0. The van der Waals surface area contributed by atoms with Crippen molar-refractivity contribution in [3.05, 3.63) is 71.9 Å². The summed E-state index contributed by atoms with van der Waals surface area (Å²) in [5, 5.41) is 13.0. The van der Waals surface area contributed by atoms with E-state index in [1.807, 2.05) is 36.4 Å². The van der Waals surface area contributed by atoms with Crippen LogP contribution in [0.5, 0.6) is 0 Å². The minimum absolute atomic E-state index is 0.0528. The lowest BCUT2D eigenvalue weighted by Gasteiger charge is -2.26. The van der Waals surface area contributed by atoms with E-state index in [2.05, 4.69) is 39.0 Å². The number of nitrogens with one attached hydrogen (secondary N) is 3. The molecule has 3 N–H and O–H groups in total. The number of urea groups is 1. The molecule has 0 saturated heterocycles. The minimum Gasteiger partial charge on any atom is -0.331 e. The second-order valence-electron chi connectivity index (χ2n) is 6.27. The molecule has 1 atom stereocenters. The SMILES string of the molecule is O=C(Nc1cn[nH]c1-c1ccccc1)NC1CCCc2ccccc21. The molecule has 0 aliphatic heterocycles. The first-order valence-electron chi connectivity index (χ1n) is 8.55. The Balaban J connectivity index is 1.49. The Morgan fingerprint density at radius 3 is 2.76 bits per heavy atom. The van der Waals surface area contributed by atoms with E-state index in [4.69, 9.17) is 0 Å². The van der Waals surface area contributed by atoms with Crippen LogP contribution in [-0.4, -0.2) is 16.2 Å². The third kappa shape index (κ3) is 3.26. The number of carbonyl (C=O) groups excluding carboxylic acids is 1. The van der Waals surface area contributed by atoms with Crippen LogP contribution in [0, 0.1) is 0 Å². The Bertz CT molecular complexity index is 872. The van der Waals surface area contributed by atoms with Gasteiger partial charge < -0.3 is 10.6 Å². The van der Waals surface area contributed by atoms with Crippen LogP contribution in [0.4, 0.5) is 10.5 Å². The molecular formula is C20H20N4O. The minimum atomic E-state index is -0.208. The number of rotatable bonds is 3. The fourth-order valence-corrected chi connectivity index (χ4v) is 3.43. The number of H-pyrrole nitrogens is 1.